The summed E-state index contributed by atoms with van der Waals surface area (Å²) in [7, 11) is -3.89. The van der Waals surface area contributed by atoms with Crippen LogP contribution in [-0.4, -0.2) is 24.7 Å². The summed E-state index contributed by atoms with van der Waals surface area (Å²) in [6.07, 6.45) is 0.136. The van der Waals surface area contributed by atoms with Gasteiger partial charge in [0.25, 0.3) is 0 Å². The molecule has 8 heteroatoms. The van der Waals surface area contributed by atoms with Crippen LogP contribution in [0.2, 0.25) is 0 Å². The molecule has 1 atom stereocenters. The summed E-state index contributed by atoms with van der Waals surface area (Å²) in [4.78, 5) is 10.9. The van der Waals surface area contributed by atoms with E-state index in [4.69, 9.17) is 10.4 Å². The predicted octanol–water partition coefficient (Wildman–Crippen LogP) is 1.80. The number of nitrogens with zero attached hydrogens (tertiary/aromatic N) is 1. The fourth-order valence-corrected chi connectivity index (χ4v) is 3.50. The lowest BCUT2D eigenvalue weighted by atomic mass is 10.3. The van der Waals surface area contributed by atoms with E-state index in [0.29, 0.717) is 5.56 Å². The van der Waals surface area contributed by atoms with Crippen molar-refractivity contribution in [2.75, 3.05) is 4.72 Å². The lowest BCUT2D eigenvalue weighted by Gasteiger charge is -2.11. The molecule has 0 spiro atoms. The zero-order valence-corrected chi connectivity index (χ0v) is 11.4. The van der Waals surface area contributed by atoms with Crippen LogP contribution < -0.4 is 4.72 Å². The van der Waals surface area contributed by atoms with Crippen LogP contribution >= 0.6 is 11.3 Å². The maximum atomic E-state index is 11.9. The van der Waals surface area contributed by atoms with Gasteiger partial charge in [-0.1, -0.05) is 6.92 Å². The molecule has 0 aromatic carbocycles. The van der Waals surface area contributed by atoms with E-state index in [-0.39, 0.29) is 17.0 Å². The number of aryl methyl sites for hydroxylation is 1. The van der Waals surface area contributed by atoms with Crippen LogP contribution in [0.3, 0.4) is 0 Å². The third-order valence-electron chi connectivity index (χ3n) is 2.30. The number of carbonyl (C=O) groups is 1. The number of sulfonamides is 1. The van der Waals surface area contributed by atoms with Crippen LogP contribution in [0.4, 0.5) is 5.69 Å². The van der Waals surface area contributed by atoms with Crippen molar-refractivity contribution < 1.29 is 18.3 Å². The van der Waals surface area contributed by atoms with Gasteiger partial charge in [-0.25, -0.2) is 13.2 Å². The third-order valence-corrected chi connectivity index (χ3v) is 5.07. The van der Waals surface area contributed by atoms with Gasteiger partial charge >= 0.3 is 5.97 Å². The fourth-order valence-electron chi connectivity index (χ4n) is 1.32. The molecule has 0 saturated heterocycles. The molecule has 1 unspecified atom stereocenters. The SMILES string of the molecule is CCC(C#N)S(=O)(=O)Nc1c(C)csc1C(=O)O. The molecule has 1 rings (SSSR count). The Morgan fingerprint density at radius 1 is 1.67 bits per heavy atom. The maximum Gasteiger partial charge on any atom is 0.348 e. The topological polar surface area (TPSA) is 107 Å². The van der Waals surface area contributed by atoms with E-state index in [1.807, 2.05) is 0 Å². The lowest BCUT2D eigenvalue weighted by Crippen LogP contribution is -2.26. The number of hydrogen-bond donors (Lipinski definition) is 2. The van der Waals surface area contributed by atoms with E-state index in [1.165, 1.54) is 0 Å². The van der Waals surface area contributed by atoms with E-state index in [1.54, 1.807) is 25.3 Å². The van der Waals surface area contributed by atoms with Crippen molar-refractivity contribution in [2.45, 2.75) is 25.5 Å². The predicted molar refractivity (Wildman–Crippen MR) is 68.2 cm³/mol. The third kappa shape index (κ3) is 2.80. The van der Waals surface area contributed by atoms with Gasteiger partial charge in [0.2, 0.25) is 10.0 Å². The Hall–Kier alpha value is -1.59. The van der Waals surface area contributed by atoms with Crippen molar-refractivity contribution in [3.8, 4) is 6.07 Å². The van der Waals surface area contributed by atoms with Gasteiger partial charge in [-0.15, -0.1) is 11.3 Å². The zero-order chi connectivity index (χ0) is 13.9. The lowest BCUT2D eigenvalue weighted by molar-refractivity contribution is 0.0703. The number of anilines is 1. The molecule has 1 heterocycles. The summed E-state index contributed by atoms with van der Waals surface area (Å²) in [6.45, 7) is 3.18. The second-order valence-corrected chi connectivity index (χ2v) is 6.34. The first-order valence-corrected chi connectivity index (χ1v) is 7.48. The van der Waals surface area contributed by atoms with E-state index in [2.05, 4.69) is 4.72 Å². The van der Waals surface area contributed by atoms with Crippen LogP contribution in [-0.2, 0) is 10.0 Å². The van der Waals surface area contributed by atoms with Crippen molar-refractivity contribution in [3.63, 3.8) is 0 Å². The molecule has 98 valence electrons. The van der Waals surface area contributed by atoms with Crippen molar-refractivity contribution in [3.05, 3.63) is 15.8 Å². The number of thiophene rings is 1. The summed E-state index contributed by atoms with van der Waals surface area (Å²) in [6, 6.07) is 1.68. The number of nitrogens with one attached hydrogen (secondary N) is 1. The highest BCUT2D eigenvalue weighted by Gasteiger charge is 2.26. The van der Waals surface area contributed by atoms with Gasteiger partial charge in [-0.3, -0.25) is 4.72 Å². The molecule has 1 aromatic heterocycles. The van der Waals surface area contributed by atoms with E-state index in [0.717, 1.165) is 11.3 Å². The Balaban J connectivity index is 3.16. The zero-order valence-electron chi connectivity index (χ0n) is 9.80. The molecule has 0 saturated carbocycles. The average molecular weight is 288 g/mol. The molecule has 6 nitrogen and oxygen atoms in total. The van der Waals surface area contributed by atoms with Gasteiger partial charge in [0.1, 0.15) is 4.88 Å². The second-order valence-electron chi connectivity index (χ2n) is 3.60. The van der Waals surface area contributed by atoms with Crippen molar-refractivity contribution in [1.29, 1.82) is 5.26 Å². The highest BCUT2D eigenvalue weighted by Crippen LogP contribution is 2.29. The number of carboxylic acid groups (broad SMARTS) is 1. The van der Waals surface area contributed by atoms with Crippen molar-refractivity contribution >= 4 is 33.0 Å². The van der Waals surface area contributed by atoms with Crippen LogP contribution in [0.1, 0.15) is 28.6 Å². The minimum atomic E-state index is -3.89. The van der Waals surface area contributed by atoms with E-state index >= 15 is 0 Å². The summed E-state index contributed by atoms with van der Waals surface area (Å²) >= 11 is 0.942. The highest BCUT2D eigenvalue weighted by atomic mass is 32.2. The Labute approximate surface area is 109 Å². The number of rotatable bonds is 5. The summed E-state index contributed by atoms with van der Waals surface area (Å²) < 4.78 is 25.9. The van der Waals surface area contributed by atoms with Crippen LogP contribution in [0.5, 0.6) is 0 Å². The molecule has 0 bridgehead atoms. The fraction of sp³-hybridized carbons (Fsp3) is 0.400. The Bertz CT molecular complexity index is 598. The molecule has 0 amide bonds. The second kappa shape index (κ2) is 5.37. The first kappa shape index (κ1) is 14.5. The van der Waals surface area contributed by atoms with E-state index < -0.39 is 21.2 Å². The van der Waals surface area contributed by atoms with Crippen LogP contribution in [0, 0.1) is 18.3 Å². The van der Waals surface area contributed by atoms with Gasteiger partial charge in [0, 0.05) is 0 Å². The van der Waals surface area contributed by atoms with Gasteiger partial charge < -0.3 is 5.11 Å². The molecule has 0 aliphatic heterocycles. The largest absolute Gasteiger partial charge is 0.477 e. The molecule has 1 aromatic rings. The smallest absolute Gasteiger partial charge is 0.348 e. The molecular weight excluding hydrogens is 276 g/mol. The average Bonchev–Trinajstić information content (AvgIpc) is 2.61. The van der Waals surface area contributed by atoms with Gasteiger partial charge in [-0.05, 0) is 24.3 Å². The first-order valence-electron chi connectivity index (χ1n) is 5.06. The Morgan fingerprint density at radius 2 is 2.28 bits per heavy atom. The summed E-state index contributed by atoms with van der Waals surface area (Å²) in [5, 5.41) is 18.0. The molecule has 0 aliphatic rings. The van der Waals surface area contributed by atoms with Crippen LogP contribution in [0.15, 0.2) is 5.38 Å². The number of hydrogen-bond acceptors (Lipinski definition) is 5. The van der Waals surface area contributed by atoms with Gasteiger partial charge in [0.05, 0.1) is 11.8 Å². The molecule has 0 aliphatic carbocycles. The maximum absolute atomic E-state index is 11.9. The van der Waals surface area contributed by atoms with Crippen molar-refractivity contribution in [1.82, 2.24) is 0 Å². The monoisotopic (exact) mass is 288 g/mol. The molecular formula is C10H12N2O4S2. The van der Waals surface area contributed by atoms with Crippen LogP contribution in [0.25, 0.3) is 0 Å². The first-order chi connectivity index (χ1) is 8.33. The van der Waals surface area contributed by atoms with Crippen molar-refractivity contribution in [2.24, 2.45) is 0 Å². The molecule has 2 N–H and O–H groups in total. The number of carboxylic acids is 1. The minimum Gasteiger partial charge on any atom is -0.477 e. The van der Waals surface area contributed by atoms with E-state index in [9.17, 15) is 13.2 Å². The Morgan fingerprint density at radius 3 is 2.72 bits per heavy atom. The molecule has 0 radical (unpaired) electrons. The Kier molecular flexibility index (Phi) is 4.32. The standard InChI is InChI=1S/C10H12N2O4S2/c1-3-7(4-11)18(15,16)12-8-6(2)5-17-9(8)10(13)14/h5,7,12H,3H2,1-2H3,(H,13,14). The highest BCUT2D eigenvalue weighted by molar-refractivity contribution is 7.93. The summed E-state index contributed by atoms with van der Waals surface area (Å²) in [5.41, 5.74) is 0.565. The minimum absolute atomic E-state index is 0.0428. The quantitative estimate of drug-likeness (QED) is 0.859. The molecule has 0 fully saturated rings. The summed E-state index contributed by atoms with van der Waals surface area (Å²) in [5.74, 6) is -1.20. The van der Waals surface area contributed by atoms with Gasteiger partial charge in [-0.2, -0.15) is 5.26 Å². The normalized spacial score (nSPS) is 12.7. The van der Waals surface area contributed by atoms with Gasteiger partial charge in [0.15, 0.2) is 5.25 Å². The molecule has 18 heavy (non-hydrogen) atoms. The number of aromatic carboxylic acids is 1. The number of nitriles is 1.